The lowest BCUT2D eigenvalue weighted by Crippen LogP contribution is -2.60. The van der Waals surface area contributed by atoms with Gasteiger partial charge in [0, 0.05) is 19.5 Å². The van der Waals surface area contributed by atoms with Crippen LogP contribution in [0.2, 0.25) is 0 Å². The van der Waals surface area contributed by atoms with Gasteiger partial charge in [-0.15, -0.1) is 0 Å². The number of amides is 2. The first-order chi connectivity index (χ1) is 15.3. The molecule has 184 valence electrons. The second-order valence-corrected chi connectivity index (χ2v) is 9.44. The average molecular weight is 470 g/mol. The highest BCUT2D eigenvalue weighted by Crippen LogP contribution is 2.13. The number of hydrogen-bond donors (Lipinski definition) is 2. The number of rotatable bonds is 15. The summed E-state index contributed by atoms with van der Waals surface area (Å²) in [5, 5.41) is 5.63. The molecule has 1 saturated heterocycles. The van der Waals surface area contributed by atoms with Gasteiger partial charge in [0.2, 0.25) is 11.8 Å². The fourth-order valence-corrected chi connectivity index (χ4v) is 4.10. The van der Waals surface area contributed by atoms with Crippen molar-refractivity contribution in [3.8, 4) is 0 Å². The highest BCUT2D eigenvalue weighted by Gasteiger charge is 2.34. The van der Waals surface area contributed by atoms with Gasteiger partial charge in [0.05, 0.1) is 13.0 Å². The van der Waals surface area contributed by atoms with Crippen molar-refractivity contribution in [2.75, 3.05) is 19.7 Å². The molecule has 32 heavy (non-hydrogen) atoms. The van der Waals surface area contributed by atoms with Crippen LogP contribution in [0.25, 0.3) is 0 Å². The predicted octanol–water partition coefficient (Wildman–Crippen LogP) is 4.09. The van der Waals surface area contributed by atoms with Crippen LogP contribution >= 0.6 is 12.2 Å². The summed E-state index contributed by atoms with van der Waals surface area (Å²) >= 11 is 5.33. The van der Waals surface area contributed by atoms with Crippen molar-refractivity contribution in [1.82, 2.24) is 15.5 Å². The second kappa shape index (κ2) is 16.9. The summed E-state index contributed by atoms with van der Waals surface area (Å²) in [5.41, 5.74) is 0. The van der Waals surface area contributed by atoms with Crippen molar-refractivity contribution in [3.05, 3.63) is 0 Å². The molecule has 1 unspecified atom stereocenters. The van der Waals surface area contributed by atoms with E-state index in [0.29, 0.717) is 26.1 Å². The first-order valence-corrected chi connectivity index (χ1v) is 12.8. The first kappa shape index (κ1) is 28.3. The highest BCUT2D eigenvalue weighted by molar-refractivity contribution is 7.80. The van der Waals surface area contributed by atoms with E-state index in [1.165, 1.54) is 44.9 Å². The monoisotopic (exact) mass is 469 g/mol. The topological polar surface area (TPSA) is 87.7 Å². The molecule has 1 heterocycles. The average Bonchev–Trinajstić information content (AvgIpc) is 2.72. The smallest absolute Gasteiger partial charge is 0.308 e. The number of thiocarbonyl (C=S) groups is 1. The van der Waals surface area contributed by atoms with E-state index in [9.17, 15) is 14.4 Å². The fraction of sp³-hybridized carbons (Fsp3) is 0.833. The van der Waals surface area contributed by atoms with Crippen LogP contribution < -0.4 is 10.6 Å². The van der Waals surface area contributed by atoms with Crippen LogP contribution in [-0.4, -0.2) is 53.5 Å². The maximum absolute atomic E-state index is 12.3. The van der Waals surface area contributed by atoms with Crippen LogP contribution in [-0.2, 0) is 19.1 Å². The Morgan fingerprint density at radius 3 is 2.28 bits per heavy atom. The number of hydrogen-bond acceptors (Lipinski definition) is 5. The summed E-state index contributed by atoms with van der Waals surface area (Å²) in [7, 11) is 0. The van der Waals surface area contributed by atoms with Crippen molar-refractivity contribution in [2.45, 2.75) is 104 Å². The molecule has 0 spiro atoms. The molecule has 1 aliphatic rings. The Hall–Kier alpha value is -1.70. The zero-order valence-corrected chi connectivity index (χ0v) is 21.1. The van der Waals surface area contributed by atoms with E-state index in [4.69, 9.17) is 17.0 Å². The van der Waals surface area contributed by atoms with Crippen LogP contribution in [0.5, 0.6) is 0 Å². The number of piperazine rings is 1. The molecule has 0 bridgehead atoms. The largest absolute Gasteiger partial charge is 0.466 e. The molecule has 0 aromatic rings. The zero-order valence-electron chi connectivity index (χ0n) is 20.2. The third-order valence-corrected chi connectivity index (χ3v) is 5.89. The standard InChI is InChI=1S/C24H43N3O4S/c1-4-5-6-7-8-9-10-11-12-13-16-31-22(29)18-20-23(30)25-14-15-27(20)24(32)26-21(28)17-19(2)3/h19-20H,4-18H2,1-3H3,(H,25,30)(H,26,28,32). The first-order valence-electron chi connectivity index (χ1n) is 12.4. The van der Waals surface area contributed by atoms with Crippen molar-refractivity contribution >= 4 is 35.1 Å². The number of unbranched alkanes of at least 4 members (excludes halogenated alkanes) is 9. The third-order valence-electron chi connectivity index (χ3n) is 5.55. The molecule has 1 rings (SSSR count). The van der Waals surface area contributed by atoms with Crippen molar-refractivity contribution in [2.24, 2.45) is 5.92 Å². The SMILES string of the molecule is CCCCCCCCCCCCOC(=O)CC1C(=O)NCCN1C(=S)NC(=O)CC(C)C. The fourth-order valence-electron chi connectivity index (χ4n) is 3.77. The summed E-state index contributed by atoms with van der Waals surface area (Å²) in [6, 6.07) is -0.754. The molecule has 8 heteroatoms. The molecule has 2 amide bonds. The van der Waals surface area contributed by atoms with Crippen LogP contribution in [0, 0.1) is 5.92 Å². The molecular formula is C24H43N3O4S. The van der Waals surface area contributed by atoms with E-state index >= 15 is 0 Å². The van der Waals surface area contributed by atoms with Crippen LogP contribution in [0.15, 0.2) is 0 Å². The number of carbonyl (C=O) groups excluding carboxylic acids is 3. The lowest BCUT2D eigenvalue weighted by molar-refractivity contribution is -0.147. The van der Waals surface area contributed by atoms with Gasteiger partial charge < -0.3 is 20.3 Å². The molecule has 1 fully saturated rings. The van der Waals surface area contributed by atoms with Gasteiger partial charge in [0.25, 0.3) is 0 Å². The Labute approximate surface area is 199 Å². The second-order valence-electron chi connectivity index (χ2n) is 9.06. The number of carbonyl (C=O) groups is 3. The summed E-state index contributed by atoms with van der Waals surface area (Å²) in [6.45, 7) is 7.37. The van der Waals surface area contributed by atoms with Crippen LogP contribution in [0.3, 0.4) is 0 Å². The van der Waals surface area contributed by atoms with E-state index in [1.807, 2.05) is 13.8 Å². The predicted molar refractivity (Wildman–Crippen MR) is 131 cm³/mol. The summed E-state index contributed by atoms with van der Waals surface area (Å²) in [4.78, 5) is 38.3. The third kappa shape index (κ3) is 12.4. The molecule has 0 saturated carbocycles. The van der Waals surface area contributed by atoms with Gasteiger partial charge in [-0.1, -0.05) is 78.6 Å². The molecule has 1 atom stereocenters. The van der Waals surface area contributed by atoms with E-state index < -0.39 is 12.0 Å². The van der Waals surface area contributed by atoms with Gasteiger partial charge in [-0.25, -0.2) is 0 Å². The van der Waals surface area contributed by atoms with Gasteiger partial charge in [-0.05, 0) is 24.6 Å². The molecule has 0 aromatic carbocycles. The number of ether oxygens (including phenoxy) is 1. The Morgan fingerprint density at radius 1 is 1.09 bits per heavy atom. The van der Waals surface area contributed by atoms with Crippen molar-refractivity contribution < 1.29 is 19.1 Å². The molecular weight excluding hydrogens is 426 g/mol. The van der Waals surface area contributed by atoms with E-state index in [2.05, 4.69) is 17.6 Å². The van der Waals surface area contributed by atoms with Crippen molar-refractivity contribution in [1.29, 1.82) is 0 Å². The van der Waals surface area contributed by atoms with Gasteiger partial charge in [0.15, 0.2) is 5.11 Å². The summed E-state index contributed by atoms with van der Waals surface area (Å²) in [5.74, 6) is -0.658. The Bertz CT molecular complexity index is 598. The minimum atomic E-state index is -0.754. The number of nitrogens with zero attached hydrogens (tertiary/aromatic N) is 1. The maximum Gasteiger partial charge on any atom is 0.308 e. The van der Waals surface area contributed by atoms with E-state index in [1.54, 1.807) is 4.90 Å². The van der Waals surface area contributed by atoms with Crippen molar-refractivity contribution in [3.63, 3.8) is 0 Å². The molecule has 7 nitrogen and oxygen atoms in total. The summed E-state index contributed by atoms with van der Waals surface area (Å²) in [6.07, 6.45) is 12.4. The molecule has 1 aliphatic heterocycles. The Kier molecular flexibility index (Phi) is 14.9. The Balaban J connectivity index is 2.27. The maximum atomic E-state index is 12.3. The number of nitrogens with one attached hydrogen (secondary N) is 2. The lowest BCUT2D eigenvalue weighted by Gasteiger charge is -2.36. The normalized spacial score (nSPS) is 16.1. The molecule has 0 aromatic heterocycles. The Morgan fingerprint density at radius 2 is 1.69 bits per heavy atom. The summed E-state index contributed by atoms with van der Waals surface area (Å²) < 4.78 is 5.35. The van der Waals surface area contributed by atoms with E-state index in [0.717, 1.165) is 19.3 Å². The van der Waals surface area contributed by atoms with E-state index in [-0.39, 0.29) is 29.3 Å². The van der Waals surface area contributed by atoms with Gasteiger partial charge in [-0.2, -0.15) is 0 Å². The quantitative estimate of drug-likeness (QED) is 0.213. The van der Waals surface area contributed by atoms with Crippen LogP contribution in [0.1, 0.15) is 97.8 Å². The van der Waals surface area contributed by atoms with Crippen LogP contribution in [0.4, 0.5) is 0 Å². The number of esters is 1. The minimum absolute atomic E-state index is 0.0796. The molecule has 2 N–H and O–H groups in total. The zero-order chi connectivity index (χ0) is 23.8. The molecule has 0 radical (unpaired) electrons. The van der Waals surface area contributed by atoms with Gasteiger partial charge in [0.1, 0.15) is 6.04 Å². The lowest BCUT2D eigenvalue weighted by atomic mass is 10.1. The highest BCUT2D eigenvalue weighted by atomic mass is 32.1. The van der Waals surface area contributed by atoms with Gasteiger partial charge in [-0.3, -0.25) is 14.4 Å². The van der Waals surface area contributed by atoms with Gasteiger partial charge >= 0.3 is 5.97 Å². The molecule has 0 aliphatic carbocycles. The minimum Gasteiger partial charge on any atom is -0.466 e.